The smallest absolute Gasteiger partial charge is 0.388 e. The molecule has 2 heterocycles. The maximum absolute atomic E-state index is 11.6. The van der Waals surface area contributed by atoms with Gasteiger partial charge in [-0.1, -0.05) is 18.2 Å². The maximum Gasteiger partial charge on any atom is 0.437 e. The summed E-state index contributed by atoms with van der Waals surface area (Å²) in [5.74, 6) is -0.196. The molecule has 0 spiro atoms. The molecule has 0 aliphatic carbocycles. The first-order chi connectivity index (χ1) is 11.1. The van der Waals surface area contributed by atoms with E-state index in [0.29, 0.717) is 19.0 Å². The summed E-state index contributed by atoms with van der Waals surface area (Å²) in [4.78, 5) is 24.6. The molecule has 0 saturated heterocycles. The van der Waals surface area contributed by atoms with Crippen molar-refractivity contribution in [3.8, 4) is 11.5 Å². The van der Waals surface area contributed by atoms with E-state index < -0.39 is 5.76 Å². The highest BCUT2D eigenvalue weighted by Gasteiger charge is 2.17. The molecule has 0 N–H and O–H groups in total. The Morgan fingerprint density at radius 3 is 2.52 bits per heavy atom. The number of nitrogens with zero attached hydrogens (tertiary/aromatic N) is 3. The normalized spacial score (nSPS) is 14.7. The van der Waals surface area contributed by atoms with Crippen LogP contribution in [-0.2, 0) is 11.8 Å². The molecule has 1 aromatic carbocycles. The Kier molecular flexibility index (Phi) is 4.34. The van der Waals surface area contributed by atoms with Gasteiger partial charge in [0.15, 0.2) is 0 Å². The molecule has 0 bridgehead atoms. The van der Waals surface area contributed by atoms with Gasteiger partial charge in [0.25, 0.3) is 0 Å². The molecule has 0 fully saturated rings. The number of aryl methyl sites for hydroxylation is 1. The van der Waals surface area contributed by atoms with Crippen molar-refractivity contribution in [3.63, 3.8) is 0 Å². The van der Waals surface area contributed by atoms with Crippen molar-refractivity contribution in [2.24, 2.45) is 7.05 Å². The summed E-state index contributed by atoms with van der Waals surface area (Å²) in [5, 5.41) is 4.03. The van der Waals surface area contributed by atoms with Crippen LogP contribution in [0.25, 0.3) is 17.0 Å². The van der Waals surface area contributed by atoms with E-state index in [4.69, 9.17) is 16.0 Å². The third-order valence-electron chi connectivity index (χ3n) is 3.87. The largest absolute Gasteiger partial charge is 0.437 e. The van der Waals surface area contributed by atoms with Gasteiger partial charge in [0.05, 0.1) is 0 Å². The third kappa shape index (κ3) is 3.22. The summed E-state index contributed by atoms with van der Waals surface area (Å²) in [7, 11) is 1.55. The monoisotopic (exact) mass is 333 g/mol. The van der Waals surface area contributed by atoms with Crippen LogP contribution in [-0.4, -0.2) is 39.6 Å². The molecule has 2 aromatic rings. The maximum atomic E-state index is 11.6. The zero-order valence-corrected chi connectivity index (χ0v) is 13.4. The molecule has 23 heavy (non-hydrogen) atoms. The van der Waals surface area contributed by atoms with Crippen molar-refractivity contribution >= 4 is 23.1 Å². The quantitative estimate of drug-likeness (QED) is 0.804. The van der Waals surface area contributed by atoms with Gasteiger partial charge in [-0.2, -0.15) is 4.68 Å². The highest BCUT2D eigenvalue weighted by Crippen LogP contribution is 2.25. The van der Waals surface area contributed by atoms with E-state index in [9.17, 15) is 9.59 Å². The molecule has 120 valence electrons. The van der Waals surface area contributed by atoms with Crippen LogP contribution in [0.2, 0.25) is 0 Å². The van der Waals surface area contributed by atoms with Gasteiger partial charge in [-0.25, -0.2) is 4.79 Å². The van der Waals surface area contributed by atoms with E-state index in [1.165, 1.54) is 5.57 Å². The lowest BCUT2D eigenvalue weighted by molar-refractivity contribution is -0.128. The Morgan fingerprint density at radius 1 is 1.30 bits per heavy atom. The van der Waals surface area contributed by atoms with E-state index in [1.807, 2.05) is 30.3 Å². The SMILES string of the molecule is Cn1nc(-c2ccc(C3=CCN(C(=O)CCl)CC3)cc2)oc1=O. The fourth-order valence-electron chi connectivity index (χ4n) is 2.53. The summed E-state index contributed by atoms with van der Waals surface area (Å²) in [6.07, 6.45) is 2.84. The van der Waals surface area contributed by atoms with Crippen molar-refractivity contribution < 1.29 is 9.21 Å². The number of carbonyl (C=O) groups is 1. The number of carbonyl (C=O) groups excluding carboxylic acids is 1. The second-order valence-electron chi connectivity index (χ2n) is 5.33. The minimum Gasteiger partial charge on any atom is -0.388 e. The Morgan fingerprint density at radius 2 is 2.00 bits per heavy atom. The zero-order chi connectivity index (χ0) is 16.4. The van der Waals surface area contributed by atoms with Crippen molar-refractivity contribution in [2.45, 2.75) is 6.42 Å². The molecule has 7 heteroatoms. The van der Waals surface area contributed by atoms with Gasteiger partial charge >= 0.3 is 5.76 Å². The second-order valence-corrected chi connectivity index (χ2v) is 5.59. The van der Waals surface area contributed by atoms with Crippen LogP contribution in [0.1, 0.15) is 12.0 Å². The predicted molar refractivity (Wildman–Crippen MR) is 87.1 cm³/mol. The fourth-order valence-corrected chi connectivity index (χ4v) is 2.70. The number of alkyl halides is 1. The number of aromatic nitrogens is 2. The van der Waals surface area contributed by atoms with E-state index in [-0.39, 0.29) is 11.8 Å². The topological polar surface area (TPSA) is 68.3 Å². The Labute approximate surface area is 138 Å². The highest BCUT2D eigenvalue weighted by atomic mass is 35.5. The molecule has 1 aliphatic heterocycles. The summed E-state index contributed by atoms with van der Waals surface area (Å²) >= 11 is 5.58. The molecule has 0 unspecified atom stereocenters. The van der Waals surface area contributed by atoms with E-state index >= 15 is 0 Å². The van der Waals surface area contributed by atoms with Crippen LogP contribution in [0.4, 0.5) is 0 Å². The lowest BCUT2D eigenvalue weighted by Crippen LogP contribution is -2.35. The minimum atomic E-state index is -0.483. The number of rotatable bonds is 3. The van der Waals surface area contributed by atoms with Crippen LogP contribution >= 0.6 is 11.6 Å². The molecule has 0 radical (unpaired) electrons. The van der Waals surface area contributed by atoms with Gasteiger partial charge in [-0.15, -0.1) is 16.7 Å². The van der Waals surface area contributed by atoms with Crippen molar-refractivity contribution in [3.05, 3.63) is 46.5 Å². The number of hydrogen-bond donors (Lipinski definition) is 0. The lowest BCUT2D eigenvalue weighted by atomic mass is 9.98. The first-order valence-electron chi connectivity index (χ1n) is 7.26. The number of benzene rings is 1. The van der Waals surface area contributed by atoms with E-state index in [1.54, 1.807) is 11.9 Å². The third-order valence-corrected chi connectivity index (χ3v) is 4.10. The highest BCUT2D eigenvalue weighted by molar-refractivity contribution is 6.27. The van der Waals surface area contributed by atoms with Crippen molar-refractivity contribution in [2.75, 3.05) is 19.0 Å². The van der Waals surface area contributed by atoms with Crippen LogP contribution < -0.4 is 5.76 Å². The van der Waals surface area contributed by atoms with Gasteiger partial charge in [0, 0.05) is 25.7 Å². The molecule has 1 aliphatic rings. The first kappa shape index (κ1) is 15.6. The van der Waals surface area contributed by atoms with Crippen molar-refractivity contribution in [1.82, 2.24) is 14.7 Å². The van der Waals surface area contributed by atoms with Crippen LogP contribution in [0.5, 0.6) is 0 Å². The van der Waals surface area contributed by atoms with Crippen LogP contribution in [0.3, 0.4) is 0 Å². The number of halogens is 1. The standard InChI is InChI=1S/C16H16ClN3O3/c1-19-16(22)23-15(18-19)13-4-2-11(3-5-13)12-6-8-20(9-7-12)14(21)10-17/h2-6H,7-10H2,1H3. The molecule has 0 atom stereocenters. The molecule has 0 saturated carbocycles. The second kappa shape index (κ2) is 6.42. The van der Waals surface area contributed by atoms with Gasteiger partial charge < -0.3 is 9.32 Å². The Bertz CT molecular complexity index is 805. The lowest BCUT2D eigenvalue weighted by Gasteiger charge is -2.26. The first-order valence-corrected chi connectivity index (χ1v) is 7.79. The minimum absolute atomic E-state index is 0.0210. The van der Waals surface area contributed by atoms with Crippen molar-refractivity contribution in [1.29, 1.82) is 0 Å². The van der Waals surface area contributed by atoms with E-state index in [0.717, 1.165) is 22.2 Å². The van der Waals surface area contributed by atoms with Gasteiger partial charge in [0.2, 0.25) is 11.8 Å². The molecule has 3 rings (SSSR count). The average molecular weight is 334 g/mol. The summed E-state index contributed by atoms with van der Waals surface area (Å²) in [5.41, 5.74) is 3.03. The number of amides is 1. The molecule has 1 amide bonds. The molecular weight excluding hydrogens is 318 g/mol. The molecular formula is C16H16ClN3O3. The molecule has 6 nitrogen and oxygen atoms in total. The zero-order valence-electron chi connectivity index (χ0n) is 12.7. The van der Waals surface area contributed by atoms with E-state index in [2.05, 4.69) is 5.10 Å². The Hall–Kier alpha value is -2.34. The summed E-state index contributed by atoms with van der Waals surface area (Å²) in [6, 6.07) is 7.68. The van der Waals surface area contributed by atoms with Crippen LogP contribution in [0.15, 0.2) is 39.6 Å². The summed E-state index contributed by atoms with van der Waals surface area (Å²) in [6.45, 7) is 1.26. The summed E-state index contributed by atoms with van der Waals surface area (Å²) < 4.78 is 6.23. The fraction of sp³-hybridized carbons (Fsp3) is 0.312. The van der Waals surface area contributed by atoms with Gasteiger partial charge in [-0.05, 0) is 29.7 Å². The number of hydrogen-bond acceptors (Lipinski definition) is 4. The van der Waals surface area contributed by atoms with Gasteiger partial charge in [-0.3, -0.25) is 4.79 Å². The van der Waals surface area contributed by atoms with Gasteiger partial charge in [0.1, 0.15) is 5.88 Å². The Balaban J connectivity index is 1.76. The molecule has 1 aromatic heterocycles. The predicted octanol–water partition coefficient (Wildman–Crippen LogP) is 1.89. The average Bonchev–Trinajstić information content (AvgIpc) is 2.93. The van der Waals surface area contributed by atoms with Crippen LogP contribution in [0, 0.1) is 0 Å².